The Labute approximate surface area is 101 Å². The molecule has 0 aliphatic carbocycles. The molecule has 15 heavy (non-hydrogen) atoms. The lowest BCUT2D eigenvalue weighted by atomic mass is 10.1. The Bertz CT molecular complexity index is 467. The minimum absolute atomic E-state index is 0.312. The number of carbonyl (C=O) groups excluding carboxylic acids is 1. The summed E-state index contributed by atoms with van der Waals surface area (Å²) in [6.07, 6.45) is 1.00. The Hall–Kier alpha value is -0.390. The van der Waals surface area contributed by atoms with E-state index in [1.165, 1.54) is 24.3 Å². The molecule has 0 bridgehead atoms. The van der Waals surface area contributed by atoms with Crippen LogP contribution in [-0.4, -0.2) is 24.6 Å². The monoisotopic (exact) mass is 310 g/mol. The molecule has 1 rings (SSSR count). The number of sulfone groups is 1. The van der Waals surface area contributed by atoms with E-state index in [2.05, 4.69) is 15.9 Å². The molecule has 0 saturated heterocycles. The highest BCUT2D eigenvalue weighted by Gasteiger charge is 2.26. The second kappa shape index (κ2) is 4.63. The van der Waals surface area contributed by atoms with Crippen LogP contribution >= 0.6 is 27.5 Å². The van der Waals surface area contributed by atoms with Crippen LogP contribution in [0.1, 0.15) is 10.4 Å². The minimum Gasteiger partial charge on any atom is -0.292 e. The molecule has 0 N–H and O–H groups in total. The lowest BCUT2D eigenvalue weighted by molar-refractivity contribution is 0.101. The normalized spacial score (nSPS) is 13.5. The van der Waals surface area contributed by atoms with Crippen molar-refractivity contribution in [3.05, 3.63) is 34.9 Å². The zero-order chi connectivity index (χ0) is 11.6. The van der Waals surface area contributed by atoms with Crippen LogP contribution in [0.25, 0.3) is 0 Å². The second-order valence-corrected chi connectivity index (χ2v) is 7.11. The van der Waals surface area contributed by atoms with Gasteiger partial charge in [0, 0.05) is 16.8 Å². The van der Waals surface area contributed by atoms with Gasteiger partial charge in [0.05, 0.1) is 0 Å². The number of hydrogen-bond acceptors (Lipinski definition) is 3. The van der Waals surface area contributed by atoms with Gasteiger partial charge < -0.3 is 0 Å². The Morgan fingerprint density at radius 3 is 2.20 bits per heavy atom. The molecule has 6 heteroatoms. The smallest absolute Gasteiger partial charge is 0.191 e. The largest absolute Gasteiger partial charge is 0.292 e. The van der Waals surface area contributed by atoms with Gasteiger partial charge in [-0.15, -0.1) is 0 Å². The summed E-state index contributed by atoms with van der Waals surface area (Å²) in [6, 6.07) is 6.06. The SMILES string of the molecule is CS(=O)(=O)[C@H](Br)C(=O)c1ccc(Cl)cc1. The Morgan fingerprint density at radius 1 is 1.33 bits per heavy atom. The molecule has 0 saturated carbocycles. The van der Waals surface area contributed by atoms with Crippen LogP contribution in [0.15, 0.2) is 24.3 Å². The van der Waals surface area contributed by atoms with Crippen molar-refractivity contribution in [3.63, 3.8) is 0 Å². The van der Waals surface area contributed by atoms with E-state index >= 15 is 0 Å². The third-order valence-electron chi connectivity index (χ3n) is 1.71. The number of rotatable bonds is 3. The predicted octanol–water partition coefficient (Wildman–Crippen LogP) is 2.29. The van der Waals surface area contributed by atoms with Crippen molar-refractivity contribution in [3.8, 4) is 0 Å². The molecule has 0 aromatic heterocycles. The molecule has 0 unspecified atom stereocenters. The van der Waals surface area contributed by atoms with Gasteiger partial charge in [0.15, 0.2) is 19.8 Å². The van der Waals surface area contributed by atoms with E-state index in [-0.39, 0.29) is 0 Å². The second-order valence-electron chi connectivity index (χ2n) is 3.02. The summed E-state index contributed by atoms with van der Waals surface area (Å²) >= 11 is 8.49. The van der Waals surface area contributed by atoms with Crippen LogP contribution in [0, 0.1) is 0 Å². The minimum atomic E-state index is -3.43. The molecule has 0 heterocycles. The molecule has 0 aliphatic heterocycles. The first-order chi connectivity index (χ1) is 6.82. The molecule has 1 aromatic carbocycles. The first kappa shape index (κ1) is 12.7. The van der Waals surface area contributed by atoms with E-state index < -0.39 is 19.8 Å². The van der Waals surface area contributed by atoms with Crippen LogP contribution in [0.5, 0.6) is 0 Å². The van der Waals surface area contributed by atoms with E-state index in [0.29, 0.717) is 10.6 Å². The lowest BCUT2D eigenvalue weighted by Crippen LogP contribution is -2.23. The summed E-state index contributed by atoms with van der Waals surface area (Å²) in [5, 5.41) is 0.497. The van der Waals surface area contributed by atoms with Gasteiger partial charge in [-0.05, 0) is 24.3 Å². The maximum Gasteiger partial charge on any atom is 0.191 e. The van der Waals surface area contributed by atoms with Gasteiger partial charge >= 0.3 is 0 Å². The van der Waals surface area contributed by atoms with Crippen LogP contribution in [0.4, 0.5) is 0 Å². The zero-order valence-electron chi connectivity index (χ0n) is 7.78. The lowest BCUT2D eigenvalue weighted by Gasteiger charge is -2.06. The van der Waals surface area contributed by atoms with Crippen molar-refractivity contribution in [2.24, 2.45) is 0 Å². The van der Waals surface area contributed by atoms with Crippen molar-refractivity contribution < 1.29 is 13.2 Å². The number of halogens is 2. The van der Waals surface area contributed by atoms with Crippen LogP contribution in [0.3, 0.4) is 0 Å². The maximum atomic E-state index is 11.6. The summed E-state index contributed by atoms with van der Waals surface area (Å²) in [5.41, 5.74) is 0.312. The highest BCUT2D eigenvalue weighted by molar-refractivity contribution is 9.11. The molecule has 3 nitrogen and oxygen atoms in total. The van der Waals surface area contributed by atoms with E-state index in [0.717, 1.165) is 6.26 Å². The van der Waals surface area contributed by atoms with Gasteiger partial charge in [-0.1, -0.05) is 27.5 Å². The fourth-order valence-electron chi connectivity index (χ4n) is 0.940. The molecule has 0 fully saturated rings. The van der Waals surface area contributed by atoms with Gasteiger partial charge in [0.2, 0.25) is 0 Å². The molecule has 0 radical (unpaired) electrons. The molecule has 82 valence electrons. The Morgan fingerprint density at radius 2 is 1.80 bits per heavy atom. The van der Waals surface area contributed by atoms with Crippen LogP contribution < -0.4 is 0 Å². The van der Waals surface area contributed by atoms with Gasteiger partial charge in [0.1, 0.15) is 0 Å². The van der Waals surface area contributed by atoms with Gasteiger partial charge in [-0.25, -0.2) is 8.42 Å². The van der Waals surface area contributed by atoms with Crippen molar-refractivity contribution in [1.82, 2.24) is 0 Å². The fraction of sp³-hybridized carbons (Fsp3) is 0.222. The third-order valence-corrected chi connectivity index (χ3v) is 5.38. The predicted molar refractivity (Wildman–Crippen MR) is 63.3 cm³/mol. The summed E-state index contributed by atoms with van der Waals surface area (Å²) in [7, 11) is -3.43. The van der Waals surface area contributed by atoms with Crippen molar-refractivity contribution in [1.29, 1.82) is 0 Å². The fourth-order valence-corrected chi connectivity index (χ4v) is 1.85. The molecule has 0 aliphatic rings. The van der Waals surface area contributed by atoms with Crippen molar-refractivity contribution in [2.75, 3.05) is 6.26 Å². The van der Waals surface area contributed by atoms with Gasteiger partial charge in [-0.3, -0.25) is 4.79 Å². The van der Waals surface area contributed by atoms with E-state index in [4.69, 9.17) is 11.6 Å². The van der Waals surface area contributed by atoms with Gasteiger partial charge in [0.25, 0.3) is 0 Å². The molecule has 1 atom stereocenters. The molecule has 0 spiro atoms. The molecule has 0 amide bonds. The summed E-state index contributed by atoms with van der Waals surface area (Å²) in [6.45, 7) is 0. The molecular formula is C9H8BrClO3S. The zero-order valence-corrected chi connectivity index (χ0v) is 10.9. The standard InChI is InChI=1S/C9H8BrClO3S/c1-15(13,14)9(10)8(12)6-2-4-7(11)5-3-6/h2-5,9H,1H3/t9-/m0/s1. The number of alkyl halides is 1. The summed E-state index contributed by atoms with van der Waals surface area (Å²) in [5.74, 6) is -0.492. The number of ketones is 1. The topological polar surface area (TPSA) is 51.2 Å². The molecule has 1 aromatic rings. The summed E-state index contributed by atoms with van der Waals surface area (Å²) in [4.78, 5) is 11.6. The average molecular weight is 312 g/mol. The maximum absolute atomic E-state index is 11.6. The number of hydrogen-bond donors (Lipinski definition) is 0. The van der Waals surface area contributed by atoms with E-state index in [1.807, 2.05) is 0 Å². The van der Waals surface area contributed by atoms with Gasteiger partial charge in [-0.2, -0.15) is 0 Å². The van der Waals surface area contributed by atoms with Crippen LogP contribution in [-0.2, 0) is 9.84 Å². The highest BCUT2D eigenvalue weighted by Crippen LogP contribution is 2.17. The Kier molecular flexibility index (Phi) is 3.92. The first-order valence-electron chi connectivity index (χ1n) is 3.95. The number of benzene rings is 1. The quantitative estimate of drug-likeness (QED) is 0.636. The van der Waals surface area contributed by atoms with E-state index in [9.17, 15) is 13.2 Å². The van der Waals surface area contributed by atoms with Crippen LogP contribution in [0.2, 0.25) is 5.02 Å². The van der Waals surface area contributed by atoms with Crippen molar-refractivity contribution in [2.45, 2.75) is 4.16 Å². The van der Waals surface area contributed by atoms with E-state index in [1.54, 1.807) is 0 Å². The number of Topliss-reactive ketones (excluding diaryl/α,β-unsaturated/α-hetero) is 1. The number of carbonyl (C=O) groups is 1. The average Bonchev–Trinajstić information content (AvgIpc) is 2.15. The highest BCUT2D eigenvalue weighted by atomic mass is 79.9. The first-order valence-corrected chi connectivity index (χ1v) is 7.20. The Balaban J connectivity index is 3.01. The third kappa shape index (κ3) is 3.29. The molecular weight excluding hydrogens is 304 g/mol. The van der Waals surface area contributed by atoms with Crippen molar-refractivity contribution >= 4 is 43.2 Å². The summed E-state index contributed by atoms with van der Waals surface area (Å²) < 4.78 is 21.0.